The van der Waals surface area contributed by atoms with Crippen molar-refractivity contribution in [2.45, 2.75) is 38.1 Å². The van der Waals surface area contributed by atoms with Crippen LogP contribution in [0.2, 0.25) is 0 Å². The van der Waals surface area contributed by atoms with E-state index < -0.39 is 5.97 Å². The van der Waals surface area contributed by atoms with E-state index in [4.69, 9.17) is 23.9 Å². The van der Waals surface area contributed by atoms with Crippen molar-refractivity contribution in [2.75, 3.05) is 19.2 Å². The average molecular weight is 486 g/mol. The predicted octanol–water partition coefficient (Wildman–Crippen LogP) is 5.70. The van der Waals surface area contributed by atoms with E-state index in [1.165, 1.54) is 19.3 Å². The average Bonchev–Trinajstić information content (AvgIpc) is 3.54. The van der Waals surface area contributed by atoms with E-state index in [0.717, 1.165) is 35.6 Å². The zero-order valence-corrected chi connectivity index (χ0v) is 20.0. The third-order valence-corrected chi connectivity index (χ3v) is 6.72. The first-order valence-corrected chi connectivity index (χ1v) is 12.2. The number of rotatable bonds is 6. The zero-order valence-electron chi connectivity index (χ0n) is 20.0. The molecule has 184 valence electrons. The van der Waals surface area contributed by atoms with Crippen LogP contribution < -0.4 is 24.3 Å². The molecule has 0 amide bonds. The smallest absolute Gasteiger partial charge is 0.343 e. The fourth-order valence-electron chi connectivity index (χ4n) is 4.86. The fraction of sp³-hybridized carbons (Fsp3) is 0.286. The van der Waals surface area contributed by atoms with Gasteiger partial charge in [-0.25, -0.2) is 9.78 Å². The highest BCUT2D eigenvalue weighted by atomic mass is 16.7. The van der Waals surface area contributed by atoms with Gasteiger partial charge in [0.1, 0.15) is 17.2 Å². The largest absolute Gasteiger partial charge is 0.493 e. The highest BCUT2D eigenvalue weighted by Gasteiger charge is 2.22. The summed E-state index contributed by atoms with van der Waals surface area (Å²) in [6, 6.07) is 16.9. The molecule has 4 aromatic rings. The molecule has 8 nitrogen and oxygen atoms in total. The molecule has 2 aromatic heterocycles. The number of nitrogens with zero attached hydrogens (tertiary/aromatic N) is 2. The molecule has 2 aliphatic rings. The van der Waals surface area contributed by atoms with Crippen molar-refractivity contribution in [3.63, 3.8) is 0 Å². The summed E-state index contributed by atoms with van der Waals surface area (Å²) >= 11 is 0. The molecule has 8 heteroatoms. The van der Waals surface area contributed by atoms with Crippen LogP contribution in [0.15, 0.2) is 60.8 Å². The highest BCUT2D eigenvalue weighted by Crippen LogP contribution is 2.38. The first kappa shape index (κ1) is 22.3. The minimum absolute atomic E-state index is 0.143. The zero-order chi connectivity index (χ0) is 24.5. The quantitative estimate of drug-likeness (QED) is 0.277. The third kappa shape index (κ3) is 4.19. The first-order chi connectivity index (χ1) is 17.7. The topological polar surface area (TPSA) is 83.3 Å². The van der Waals surface area contributed by atoms with Crippen LogP contribution in [-0.2, 0) is 0 Å². The maximum atomic E-state index is 12.8. The number of nitrogens with one attached hydrogen (secondary N) is 1. The van der Waals surface area contributed by atoms with Crippen LogP contribution >= 0.6 is 0 Å². The molecule has 1 aliphatic carbocycles. The summed E-state index contributed by atoms with van der Waals surface area (Å²) < 4.78 is 24.1. The molecule has 36 heavy (non-hydrogen) atoms. The molecule has 0 atom stereocenters. The van der Waals surface area contributed by atoms with Crippen molar-refractivity contribution >= 4 is 17.4 Å². The van der Waals surface area contributed by atoms with Crippen molar-refractivity contribution in [1.82, 2.24) is 9.38 Å². The number of pyridine rings is 1. The van der Waals surface area contributed by atoms with Crippen LogP contribution in [0.4, 0.5) is 5.82 Å². The van der Waals surface area contributed by atoms with Gasteiger partial charge in [0, 0.05) is 17.8 Å². The number of carbonyl (C=O) groups is 1. The van der Waals surface area contributed by atoms with Gasteiger partial charge in [0.2, 0.25) is 6.79 Å². The summed E-state index contributed by atoms with van der Waals surface area (Å²) in [6.07, 6.45) is 8.09. The number of hydrogen-bond acceptors (Lipinski definition) is 7. The van der Waals surface area contributed by atoms with Crippen molar-refractivity contribution < 1.29 is 23.7 Å². The molecule has 0 radical (unpaired) electrons. The Balaban J connectivity index is 1.31. The second kappa shape index (κ2) is 9.45. The van der Waals surface area contributed by atoms with Crippen LogP contribution in [0.1, 0.15) is 42.5 Å². The summed E-state index contributed by atoms with van der Waals surface area (Å²) in [5, 5.41) is 3.75. The van der Waals surface area contributed by atoms with E-state index in [9.17, 15) is 4.79 Å². The van der Waals surface area contributed by atoms with Crippen LogP contribution in [0, 0.1) is 0 Å². The van der Waals surface area contributed by atoms with Gasteiger partial charge in [0.05, 0.1) is 12.7 Å². The molecule has 0 spiro atoms. The Bertz CT molecular complexity index is 1420. The molecule has 2 aromatic carbocycles. The number of esters is 1. The lowest BCUT2D eigenvalue weighted by atomic mass is 9.95. The van der Waals surface area contributed by atoms with E-state index in [2.05, 4.69) is 9.72 Å². The number of aromatic nitrogens is 2. The SMILES string of the molecule is COc1cc(-c2nc3ccccn3c2NC2CCCCC2)ccc1OC(=O)c1ccc2c(c1)OCO2. The Morgan fingerprint density at radius 3 is 2.72 bits per heavy atom. The van der Waals surface area contributed by atoms with Crippen molar-refractivity contribution in [1.29, 1.82) is 0 Å². The number of carbonyl (C=O) groups excluding carboxylic acids is 1. The molecule has 1 aliphatic heterocycles. The lowest BCUT2D eigenvalue weighted by Gasteiger charge is -2.24. The second-order valence-corrected chi connectivity index (χ2v) is 9.04. The number of hydrogen-bond donors (Lipinski definition) is 1. The Morgan fingerprint density at radius 1 is 1.00 bits per heavy atom. The standard InChI is InChI=1S/C28H27N3O5/c1-33-23-15-18(10-13-22(23)36-28(32)19-11-12-21-24(16-19)35-17-34-21)26-27(29-20-7-3-2-4-8-20)31-14-6-5-9-25(31)30-26/h5-6,9-16,20,29H,2-4,7-8,17H2,1H3. The molecule has 3 heterocycles. The van der Waals surface area contributed by atoms with Crippen molar-refractivity contribution in [3.8, 4) is 34.3 Å². The van der Waals surface area contributed by atoms with Crippen LogP contribution in [0.3, 0.4) is 0 Å². The van der Waals surface area contributed by atoms with Crippen molar-refractivity contribution in [2.24, 2.45) is 0 Å². The van der Waals surface area contributed by atoms with E-state index in [1.54, 1.807) is 31.4 Å². The Hall–Kier alpha value is -4.20. The second-order valence-electron chi connectivity index (χ2n) is 9.04. The van der Waals surface area contributed by atoms with Crippen LogP contribution in [0.5, 0.6) is 23.0 Å². The van der Waals surface area contributed by atoms with Gasteiger partial charge in [0.15, 0.2) is 23.0 Å². The number of imidazole rings is 1. The molecular formula is C28H27N3O5. The van der Waals surface area contributed by atoms with Crippen molar-refractivity contribution in [3.05, 3.63) is 66.4 Å². The first-order valence-electron chi connectivity index (χ1n) is 12.2. The normalized spacial score (nSPS) is 15.1. The fourth-order valence-corrected chi connectivity index (χ4v) is 4.86. The summed E-state index contributed by atoms with van der Waals surface area (Å²) in [5.41, 5.74) is 2.93. The molecule has 1 N–H and O–H groups in total. The molecule has 0 unspecified atom stereocenters. The van der Waals surface area contributed by atoms with E-state index >= 15 is 0 Å². The van der Waals surface area contributed by atoms with Gasteiger partial charge in [-0.1, -0.05) is 25.3 Å². The monoisotopic (exact) mass is 485 g/mol. The summed E-state index contributed by atoms with van der Waals surface area (Å²) in [4.78, 5) is 17.7. The van der Waals surface area contributed by atoms with E-state index in [0.29, 0.717) is 34.6 Å². The van der Waals surface area contributed by atoms with E-state index in [-0.39, 0.29) is 6.79 Å². The van der Waals surface area contributed by atoms with Gasteiger partial charge >= 0.3 is 5.97 Å². The summed E-state index contributed by atoms with van der Waals surface area (Å²) in [7, 11) is 1.56. The summed E-state index contributed by atoms with van der Waals surface area (Å²) in [5.74, 6) is 2.36. The number of fused-ring (bicyclic) bond motifs is 2. The van der Waals surface area contributed by atoms with Gasteiger partial charge in [0.25, 0.3) is 0 Å². The molecule has 6 rings (SSSR count). The predicted molar refractivity (Wildman–Crippen MR) is 135 cm³/mol. The number of methoxy groups -OCH3 is 1. The Kier molecular flexibility index (Phi) is 5.85. The van der Waals surface area contributed by atoms with Gasteiger partial charge in [-0.3, -0.25) is 4.40 Å². The number of ether oxygens (including phenoxy) is 4. The maximum absolute atomic E-state index is 12.8. The van der Waals surface area contributed by atoms with Crippen LogP contribution in [0.25, 0.3) is 16.9 Å². The summed E-state index contributed by atoms with van der Waals surface area (Å²) in [6.45, 7) is 0.143. The van der Waals surface area contributed by atoms with Gasteiger partial charge in [-0.15, -0.1) is 0 Å². The lowest BCUT2D eigenvalue weighted by Crippen LogP contribution is -2.23. The molecule has 1 saturated carbocycles. The van der Waals surface area contributed by atoms with Gasteiger partial charge in [-0.05, 0) is 61.4 Å². The Labute approximate surface area is 208 Å². The molecule has 0 bridgehead atoms. The third-order valence-electron chi connectivity index (χ3n) is 6.72. The molecular weight excluding hydrogens is 458 g/mol. The maximum Gasteiger partial charge on any atom is 0.343 e. The Morgan fingerprint density at radius 2 is 1.86 bits per heavy atom. The molecule has 0 saturated heterocycles. The number of benzene rings is 2. The van der Waals surface area contributed by atoms with Gasteiger partial charge in [-0.2, -0.15) is 0 Å². The minimum Gasteiger partial charge on any atom is -0.493 e. The molecule has 1 fully saturated rings. The van der Waals surface area contributed by atoms with E-state index in [1.807, 2.05) is 36.5 Å². The van der Waals surface area contributed by atoms with Crippen LogP contribution in [-0.4, -0.2) is 35.3 Å². The lowest BCUT2D eigenvalue weighted by molar-refractivity contribution is 0.0729. The highest BCUT2D eigenvalue weighted by molar-refractivity contribution is 5.92. The van der Waals surface area contributed by atoms with Gasteiger partial charge < -0.3 is 24.3 Å². The minimum atomic E-state index is -0.508. The number of anilines is 1.